The molecule has 2 nitrogen and oxygen atoms in total. The molecule has 0 aromatic heterocycles. The van der Waals surface area contributed by atoms with Crippen LogP contribution in [0.5, 0.6) is 0 Å². The fraction of sp³-hybridized carbons (Fsp3) is 0.0714. The topological polar surface area (TPSA) is 35.8 Å². The Bertz CT molecular complexity index is 632. The van der Waals surface area contributed by atoms with Gasteiger partial charge in [-0.1, -0.05) is 17.7 Å². The quantitative estimate of drug-likeness (QED) is 0.768. The predicted molar refractivity (Wildman–Crippen MR) is 83.3 cm³/mol. The molecule has 2 aromatic rings. The molecule has 4 heteroatoms. The van der Waals surface area contributed by atoms with Crippen molar-refractivity contribution in [2.45, 2.75) is 6.92 Å². The van der Waals surface area contributed by atoms with E-state index in [4.69, 9.17) is 16.9 Å². The van der Waals surface area contributed by atoms with E-state index in [2.05, 4.69) is 40.9 Å². The lowest BCUT2D eigenvalue weighted by atomic mass is 10.1. The van der Waals surface area contributed by atoms with E-state index in [0.717, 1.165) is 11.4 Å². The van der Waals surface area contributed by atoms with E-state index in [1.54, 1.807) is 12.1 Å². The van der Waals surface area contributed by atoms with Gasteiger partial charge in [0.15, 0.2) is 0 Å². The van der Waals surface area contributed by atoms with Gasteiger partial charge >= 0.3 is 0 Å². The van der Waals surface area contributed by atoms with Crippen LogP contribution in [-0.4, -0.2) is 0 Å². The summed E-state index contributed by atoms with van der Waals surface area (Å²) in [6.45, 7) is 2.06. The lowest BCUT2D eigenvalue weighted by molar-refractivity contribution is 1.39. The van der Waals surface area contributed by atoms with Crippen molar-refractivity contribution in [2.75, 3.05) is 5.32 Å². The van der Waals surface area contributed by atoms with E-state index in [1.807, 2.05) is 24.3 Å². The lowest BCUT2D eigenvalue weighted by Crippen LogP contribution is -1.95. The summed E-state index contributed by atoms with van der Waals surface area (Å²) < 4.78 is 1.21. The van der Waals surface area contributed by atoms with Gasteiger partial charge in [0.2, 0.25) is 0 Å². The van der Waals surface area contributed by atoms with Crippen molar-refractivity contribution in [1.82, 2.24) is 0 Å². The zero-order valence-electron chi connectivity index (χ0n) is 9.67. The Hall–Kier alpha value is -1.25. The maximum absolute atomic E-state index is 8.82. The summed E-state index contributed by atoms with van der Waals surface area (Å²) in [6.07, 6.45) is 0. The molecule has 0 heterocycles. The summed E-state index contributed by atoms with van der Waals surface area (Å²) >= 11 is 8.30. The van der Waals surface area contributed by atoms with E-state index in [0.29, 0.717) is 10.6 Å². The monoisotopic (exact) mass is 368 g/mol. The van der Waals surface area contributed by atoms with Crippen molar-refractivity contribution in [3.8, 4) is 6.07 Å². The molecule has 2 aromatic carbocycles. The van der Waals surface area contributed by atoms with Crippen molar-refractivity contribution in [3.05, 3.63) is 56.1 Å². The van der Waals surface area contributed by atoms with E-state index in [1.165, 1.54) is 9.13 Å². The fourth-order valence-corrected chi connectivity index (χ4v) is 2.30. The number of rotatable bonds is 2. The molecule has 0 aliphatic rings. The van der Waals surface area contributed by atoms with E-state index >= 15 is 0 Å². The zero-order chi connectivity index (χ0) is 13.1. The Labute approximate surface area is 125 Å². The van der Waals surface area contributed by atoms with Crippen molar-refractivity contribution in [3.63, 3.8) is 0 Å². The van der Waals surface area contributed by atoms with Gasteiger partial charge in [-0.25, -0.2) is 0 Å². The SMILES string of the molecule is Cc1c(I)cccc1Nc1ccc(C#N)c(Cl)c1. The Morgan fingerprint density at radius 1 is 1.28 bits per heavy atom. The summed E-state index contributed by atoms with van der Waals surface area (Å²) in [7, 11) is 0. The number of nitrogens with zero attached hydrogens (tertiary/aromatic N) is 1. The van der Waals surface area contributed by atoms with Gasteiger partial charge in [0.1, 0.15) is 6.07 Å². The average molecular weight is 369 g/mol. The van der Waals surface area contributed by atoms with Crippen LogP contribution in [0.1, 0.15) is 11.1 Å². The molecule has 0 aliphatic carbocycles. The van der Waals surface area contributed by atoms with Crippen LogP contribution in [0.2, 0.25) is 5.02 Å². The molecule has 0 aliphatic heterocycles. The van der Waals surface area contributed by atoms with Crippen LogP contribution in [0.3, 0.4) is 0 Å². The molecule has 0 radical (unpaired) electrons. The number of nitrogens with one attached hydrogen (secondary N) is 1. The Balaban J connectivity index is 2.32. The third kappa shape index (κ3) is 2.77. The Morgan fingerprint density at radius 2 is 2.06 bits per heavy atom. The van der Waals surface area contributed by atoms with Gasteiger partial charge in [-0.05, 0) is 65.4 Å². The standard InChI is InChI=1S/C14H10ClIN2/c1-9-13(16)3-2-4-14(9)18-11-6-5-10(8-17)12(15)7-11/h2-7,18H,1H3. The smallest absolute Gasteiger partial charge is 0.101 e. The minimum absolute atomic E-state index is 0.464. The number of halogens is 2. The second-order valence-corrected chi connectivity index (χ2v) is 5.41. The van der Waals surface area contributed by atoms with Crippen LogP contribution in [0, 0.1) is 21.8 Å². The number of hydrogen-bond acceptors (Lipinski definition) is 2. The molecule has 90 valence electrons. The molecular formula is C14H10ClIN2. The molecule has 0 amide bonds. The van der Waals surface area contributed by atoms with Crippen LogP contribution in [0.25, 0.3) is 0 Å². The van der Waals surface area contributed by atoms with Crippen LogP contribution >= 0.6 is 34.2 Å². The van der Waals surface area contributed by atoms with Gasteiger partial charge in [0.25, 0.3) is 0 Å². The average Bonchev–Trinajstić information content (AvgIpc) is 2.35. The number of nitriles is 1. The van der Waals surface area contributed by atoms with Crippen molar-refractivity contribution in [2.24, 2.45) is 0 Å². The molecule has 0 atom stereocenters. The minimum Gasteiger partial charge on any atom is -0.355 e. The van der Waals surface area contributed by atoms with Gasteiger partial charge in [0, 0.05) is 14.9 Å². The molecule has 0 unspecified atom stereocenters. The number of anilines is 2. The molecule has 2 rings (SSSR count). The van der Waals surface area contributed by atoms with E-state index in [-0.39, 0.29) is 0 Å². The summed E-state index contributed by atoms with van der Waals surface area (Å²) in [5, 5.41) is 12.6. The maximum atomic E-state index is 8.82. The second-order valence-electron chi connectivity index (χ2n) is 3.84. The van der Waals surface area contributed by atoms with Crippen LogP contribution < -0.4 is 5.32 Å². The first-order chi connectivity index (χ1) is 8.61. The highest BCUT2D eigenvalue weighted by Crippen LogP contribution is 2.26. The van der Waals surface area contributed by atoms with E-state index < -0.39 is 0 Å². The zero-order valence-corrected chi connectivity index (χ0v) is 12.6. The van der Waals surface area contributed by atoms with Crippen LogP contribution in [0.15, 0.2) is 36.4 Å². The van der Waals surface area contributed by atoms with Gasteiger partial charge in [-0.2, -0.15) is 5.26 Å². The Kier molecular flexibility index (Phi) is 4.10. The molecule has 0 spiro atoms. The highest BCUT2D eigenvalue weighted by molar-refractivity contribution is 14.1. The number of hydrogen-bond donors (Lipinski definition) is 1. The highest BCUT2D eigenvalue weighted by atomic mass is 127. The molecule has 0 saturated carbocycles. The molecule has 0 fully saturated rings. The first-order valence-corrected chi connectivity index (χ1v) is 6.79. The van der Waals surface area contributed by atoms with Gasteiger partial charge in [-0.3, -0.25) is 0 Å². The van der Waals surface area contributed by atoms with Crippen LogP contribution in [0.4, 0.5) is 11.4 Å². The normalized spacial score (nSPS) is 9.89. The second kappa shape index (κ2) is 5.59. The van der Waals surface area contributed by atoms with Crippen LogP contribution in [-0.2, 0) is 0 Å². The summed E-state index contributed by atoms with van der Waals surface area (Å²) in [5.41, 5.74) is 3.60. The van der Waals surface area contributed by atoms with E-state index in [9.17, 15) is 0 Å². The largest absolute Gasteiger partial charge is 0.355 e. The molecule has 0 bridgehead atoms. The fourth-order valence-electron chi connectivity index (χ4n) is 1.58. The first kappa shape index (κ1) is 13.2. The summed E-state index contributed by atoms with van der Waals surface area (Å²) in [6, 6.07) is 13.5. The Morgan fingerprint density at radius 3 is 2.72 bits per heavy atom. The molecular weight excluding hydrogens is 359 g/mol. The molecule has 1 N–H and O–H groups in total. The molecule has 0 saturated heterocycles. The maximum Gasteiger partial charge on any atom is 0.101 e. The highest BCUT2D eigenvalue weighted by Gasteiger charge is 2.04. The van der Waals surface area contributed by atoms with Gasteiger partial charge < -0.3 is 5.32 Å². The van der Waals surface area contributed by atoms with Crippen molar-refractivity contribution >= 4 is 45.6 Å². The first-order valence-electron chi connectivity index (χ1n) is 5.33. The summed E-state index contributed by atoms with van der Waals surface area (Å²) in [4.78, 5) is 0. The van der Waals surface area contributed by atoms with Gasteiger partial charge in [-0.15, -0.1) is 0 Å². The number of benzene rings is 2. The van der Waals surface area contributed by atoms with Gasteiger partial charge in [0.05, 0.1) is 10.6 Å². The lowest BCUT2D eigenvalue weighted by Gasteiger charge is -2.11. The third-order valence-electron chi connectivity index (χ3n) is 2.64. The summed E-state index contributed by atoms with van der Waals surface area (Å²) in [5.74, 6) is 0. The third-order valence-corrected chi connectivity index (χ3v) is 4.12. The van der Waals surface area contributed by atoms with Crippen molar-refractivity contribution < 1.29 is 0 Å². The predicted octanol–water partition coefficient (Wildman–Crippen LogP) is 4.87. The minimum atomic E-state index is 0.464. The molecule has 18 heavy (non-hydrogen) atoms. The van der Waals surface area contributed by atoms with Crippen molar-refractivity contribution in [1.29, 1.82) is 5.26 Å².